The van der Waals surface area contributed by atoms with Gasteiger partial charge in [-0.05, 0) is 32.0 Å². The molecule has 1 fully saturated rings. The molecule has 0 unspecified atom stereocenters. The molecular weight excluding hydrogens is 313 g/mol. The van der Waals surface area contributed by atoms with Crippen molar-refractivity contribution in [1.29, 1.82) is 0 Å². The minimum absolute atomic E-state index is 0.0587. The Kier molecular flexibility index (Phi) is 4.16. The van der Waals surface area contributed by atoms with Gasteiger partial charge in [-0.25, -0.2) is 0 Å². The van der Waals surface area contributed by atoms with E-state index < -0.39 is 17.7 Å². The Morgan fingerprint density at radius 2 is 1.87 bits per heavy atom. The molecule has 0 atom stereocenters. The zero-order valence-corrected chi connectivity index (χ0v) is 12.1. The number of hydrogen-bond donors (Lipinski definition) is 1. The summed E-state index contributed by atoms with van der Waals surface area (Å²) in [5, 5.41) is 3.18. The molecular formula is C15H15F3N2O3. The second kappa shape index (κ2) is 6.11. The highest BCUT2D eigenvalue weighted by molar-refractivity contribution is 5.68. The molecule has 1 aromatic carbocycles. The van der Waals surface area contributed by atoms with Crippen LogP contribution in [0.15, 0.2) is 39.8 Å². The van der Waals surface area contributed by atoms with Crippen molar-refractivity contribution in [3.63, 3.8) is 0 Å². The van der Waals surface area contributed by atoms with Crippen LogP contribution in [0.5, 0.6) is 5.75 Å². The van der Waals surface area contributed by atoms with Gasteiger partial charge in [0.1, 0.15) is 12.0 Å². The lowest BCUT2D eigenvalue weighted by atomic mass is 10.1. The molecule has 8 heteroatoms. The van der Waals surface area contributed by atoms with Crippen LogP contribution in [0.25, 0.3) is 11.1 Å². The Bertz CT molecular complexity index is 730. The van der Waals surface area contributed by atoms with Crippen molar-refractivity contribution in [2.45, 2.75) is 25.2 Å². The Hall–Kier alpha value is -2.22. The minimum Gasteiger partial charge on any atom is -0.405 e. The van der Waals surface area contributed by atoms with Crippen LogP contribution < -0.4 is 15.6 Å². The fraction of sp³-hybridized carbons (Fsp3) is 0.400. The third-order valence-corrected chi connectivity index (χ3v) is 3.76. The lowest BCUT2D eigenvalue weighted by Crippen LogP contribution is -2.32. The van der Waals surface area contributed by atoms with E-state index in [0.717, 1.165) is 25.9 Å². The van der Waals surface area contributed by atoms with E-state index in [1.54, 1.807) is 6.07 Å². The van der Waals surface area contributed by atoms with Crippen molar-refractivity contribution in [3.05, 3.63) is 40.9 Å². The van der Waals surface area contributed by atoms with E-state index in [9.17, 15) is 18.0 Å². The van der Waals surface area contributed by atoms with Crippen LogP contribution in [0, 0.1) is 0 Å². The van der Waals surface area contributed by atoms with Crippen molar-refractivity contribution < 1.29 is 22.4 Å². The standard InChI is InChI=1S/C15H15F3N2O3/c16-15(17,18)23-13-4-2-1-3-11(13)12-9-22-20(14(12)21)10-5-7-19-8-6-10/h1-4,9-10,19H,5-8H2. The van der Waals surface area contributed by atoms with E-state index >= 15 is 0 Å². The van der Waals surface area contributed by atoms with Crippen LogP contribution in [-0.4, -0.2) is 24.2 Å². The third-order valence-electron chi connectivity index (χ3n) is 3.76. The molecule has 0 bridgehead atoms. The number of ether oxygens (including phenoxy) is 1. The second-order valence-corrected chi connectivity index (χ2v) is 5.29. The smallest absolute Gasteiger partial charge is 0.405 e. The normalized spacial score (nSPS) is 16.5. The molecule has 1 saturated heterocycles. The molecule has 2 heterocycles. The van der Waals surface area contributed by atoms with Gasteiger partial charge in [0.05, 0.1) is 11.6 Å². The molecule has 0 saturated carbocycles. The van der Waals surface area contributed by atoms with E-state index in [1.807, 2.05) is 0 Å². The van der Waals surface area contributed by atoms with Crippen LogP contribution in [0.1, 0.15) is 18.9 Å². The highest BCUT2D eigenvalue weighted by atomic mass is 19.4. The number of para-hydroxylation sites is 1. The molecule has 1 N–H and O–H groups in total. The van der Waals surface area contributed by atoms with Crippen LogP contribution in [0.4, 0.5) is 13.2 Å². The number of benzene rings is 1. The Labute approximate surface area is 129 Å². The quantitative estimate of drug-likeness (QED) is 0.941. The van der Waals surface area contributed by atoms with Crippen LogP contribution in [-0.2, 0) is 0 Å². The Balaban J connectivity index is 1.97. The highest BCUT2D eigenvalue weighted by Gasteiger charge is 2.33. The van der Waals surface area contributed by atoms with Crippen LogP contribution in [0.3, 0.4) is 0 Å². The number of aromatic nitrogens is 1. The first-order valence-electron chi connectivity index (χ1n) is 7.22. The van der Waals surface area contributed by atoms with Crippen molar-refractivity contribution in [2.75, 3.05) is 13.1 Å². The van der Waals surface area contributed by atoms with Gasteiger partial charge in [0.2, 0.25) is 0 Å². The third kappa shape index (κ3) is 3.42. The van der Waals surface area contributed by atoms with Crippen molar-refractivity contribution in [1.82, 2.24) is 10.1 Å². The number of nitrogens with one attached hydrogen (secondary N) is 1. The summed E-state index contributed by atoms with van der Waals surface area (Å²) in [7, 11) is 0. The molecule has 0 radical (unpaired) electrons. The van der Waals surface area contributed by atoms with Gasteiger partial charge in [0.25, 0.3) is 5.56 Å². The second-order valence-electron chi connectivity index (χ2n) is 5.29. The fourth-order valence-corrected chi connectivity index (χ4v) is 2.70. The molecule has 1 aliphatic rings. The molecule has 0 aliphatic carbocycles. The first kappa shape index (κ1) is 15.7. The summed E-state index contributed by atoms with van der Waals surface area (Å²) < 4.78 is 48.0. The predicted molar refractivity (Wildman–Crippen MR) is 76.2 cm³/mol. The van der Waals surface area contributed by atoms with Crippen LogP contribution in [0.2, 0.25) is 0 Å². The van der Waals surface area contributed by atoms with Gasteiger partial charge in [-0.15, -0.1) is 13.2 Å². The average Bonchev–Trinajstić information content (AvgIpc) is 2.89. The summed E-state index contributed by atoms with van der Waals surface area (Å²) in [6.45, 7) is 1.53. The molecule has 0 amide bonds. The van der Waals surface area contributed by atoms with Gasteiger partial charge in [0.15, 0.2) is 0 Å². The predicted octanol–water partition coefficient (Wildman–Crippen LogP) is 2.93. The first-order valence-corrected chi connectivity index (χ1v) is 7.22. The summed E-state index contributed by atoms with van der Waals surface area (Å²) in [4.78, 5) is 12.5. The van der Waals surface area contributed by atoms with Gasteiger partial charge in [-0.1, -0.05) is 18.2 Å². The molecule has 1 aliphatic heterocycles. The average molecular weight is 328 g/mol. The monoisotopic (exact) mass is 328 g/mol. The molecule has 0 spiro atoms. The maximum atomic E-state index is 12.5. The summed E-state index contributed by atoms with van der Waals surface area (Å²) in [5.41, 5.74) is -0.329. The summed E-state index contributed by atoms with van der Waals surface area (Å²) in [6.07, 6.45) is -2.18. The molecule has 23 heavy (non-hydrogen) atoms. The summed E-state index contributed by atoms with van der Waals surface area (Å²) in [6, 6.07) is 5.44. The molecule has 5 nitrogen and oxygen atoms in total. The van der Waals surface area contributed by atoms with E-state index in [1.165, 1.54) is 29.2 Å². The van der Waals surface area contributed by atoms with Gasteiger partial charge in [0, 0.05) is 5.56 Å². The summed E-state index contributed by atoms with van der Waals surface area (Å²) in [5.74, 6) is -0.421. The highest BCUT2D eigenvalue weighted by Crippen LogP contribution is 2.32. The van der Waals surface area contributed by atoms with E-state index in [4.69, 9.17) is 4.52 Å². The molecule has 1 aromatic heterocycles. The van der Waals surface area contributed by atoms with E-state index in [2.05, 4.69) is 10.1 Å². The molecule has 124 valence electrons. The first-order chi connectivity index (χ1) is 11.0. The van der Waals surface area contributed by atoms with Crippen molar-refractivity contribution >= 4 is 0 Å². The Morgan fingerprint density at radius 1 is 1.17 bits per heavy atom. The minimum atomic E-state index is -4.83. The van der Waals surface area contributed by atoms with E-state index in [-0.39, 0.29) is 17.2 Å². The van der Waals surface area contributed by atoms with E-state index in [0.29, 0.717) is 0 Å². The Morgan fingerprint density at radius 3 is 2.57 bits per heavy atom. The van der Waals surface area contributed by atoms with Gasteiger partial charge < -0.3 is 14.6 Å². The number of piperidine rings is 1. The molecule has 3 rings (SSSR count). The maximum absolute atomic E-state index is 12.5. The number of halogens is 3. The summed E-state index contributed by atoms with van der Waals surface area (Å²) >= 11 is 0. The topological polar surface area (TPSA) is 56.4 Å². The maximum Gasteiger partial charge on any atom is 0.573 e. The number of rotatable bonds is 3. The number of alkyl halides is 3. The van der Waals surface area contributed by atoms with Gasteiger partial charge in [-0.2, -0.15) is 4.74 Å². The largest absolute Gasteiger partial charge is 0.573 e. The SMILES string of the molecule is O=c1c(-c2ccccc2OC(F)(F)F)con1C1CCNCC1. The molecule has 2 aromatic rings. The number of nitrogens with zero attached hydrogens (tertiary/aromatic N) is 1. The lowest BCUT2D eigenvalue weighted by molar-refractivity contribution is -0.274. The number of hydrogen-bond acceptors (Lipinski definition) is 4. The van der Waals surface area contributed by atoms with Gasteiger partial charge >= 0.3 is 6.36 Å². The zero-order chi connectivity index (χ0) is 16.4. The van der Waals surface area contributed by atoms with Crippen molar-refractivity contribution in [2.24, 2.45) is 0 Å². The van der Waals surface area contributed by atoms with Gasteiger partial charge in [-0.3, -0.25) is 4.79 Å². The fourth-order valence-electron chi connectivity index (χ4n) is 2.70. The lowest BCUT2D eigenvalue weighted by Gasteiger charge is -2.21. The zero-order valence-electron chi connectivity index (χ0n) is 12.1. The van der Waals surface area contributed by atoms with Crippen molar-refractivity contribution in [3.8, 4) is 16.9 Å². The van der Waals surface area contributed by atoms with Crippen LogP contribution >= 0.6 is 0 Å².